The Bertz CT molecular complexity index is 1370. The van der Waals surface area contributed by atoms with E-state index in [-0.39, 0.29) is 5.69 Å². The quantitative estimate of drug-likeness (QED) is 0.500. The van der Waals surface area contributed by atoms with E-state index in [0.29, 0.717) is 39.4 Å². The molecule has 2 N–H and O–H groups in total. The molecule has 0 atom stereocenters. The molecule has 0 saturated carbocycles. The number of carboxylic acid groups (broad SMARTS) is 1. The summed E-state index contributed by atoms with van der Waals surface area (Å²) in [4.78, 5) is 36.5. The summed E-state index contributed by atoms with van der Waals surface area (Å²) in [5.41, 5.74) is 3.29. The highest BCUT2D eigenvalue weighted by molar-refractivity contribution is 6.01. The second-order valence-electron chi connectivity index (χ2n) is 6.22. The first-order chi connectivity index (χ1) is 13.6. The van der Waals surface area contributed by atoms with Crippen molar-refractivity contribution in [2.75, 3.05) is 0 Å². The van der Waals surface area contributed by atoms with Gasteiger partial charge < -0.3 is 10.1 Å². The lowest BCUT2D eigenvalue weighted by Crippen LogP contribution is -2.04. The molecule has 0 aliphatic carbocycles. The molecule has 0 aliphatic rings. The van der Waals surface area contributed by atoms with E-state index in [1.165, 1.54) is 6.20 Å². The van der Waals surface area contributed by atoms with Gasteiger partial charge in [0.25, 0.3) is 0 Å². The van der Waals surface area contributed by atoms with E-state index in [1.54, 1.807) is 29.2 Å². The largest absolute Gasteiger partial charge is 0.476 e. The summed E-state index contributed by atoms with van der Waals surface area (Å²) >= 11 is 0. The second kappa shape index (κ2) is 5.95. The van der Waals surface area contributed by atoms with Gasteiger partial charge in [-0.15, -0.1) is 0 Å². The topological polar surface area (TPSA) is 122 Å². The molecule has 0 radical (unpaired) electrons. The molecule has 9 nitrogen and oxygen atoms in total. The fourth-order valence-electron chi connectivity index (χ4n) is 3.20. The van der Waals surface area contributed by atoms with Crippen molar-refractivity contribution in [2.24, 2.45) is 0 Å². The van der Waals surface area contributed by atoms with Gasteiger partial charge in [0.1, 0.15) is 11.2 Å². The van der Waals surface area contributed by atoms with E-state index in [2.05, 4.69) is 24.9 Å². The van der Waals surface area contributed by atoms with Crippen molar-refractivity contribution in [1.29, 1.82) is 0 Å². The van der Waals surface area contributed by atoms with Crippen LogP contribution in [-0.2, 0) is 0 Å². The van der Waals surface area contributed by atoms with Crippen LogP contribution >= 0.6 is 0 Å². The number of nitrogens with zero attached hydrogens (tertiary/aromatic N) is 6. The lowest BCUT2D eigenvalue weighted by atomic mass is 10.2. The third kappa shape index (κ3) is 2.41. The van der Waals surface area contributed by atoms with E-state index in [9.17, 15) is 9.90 Å². The normalized spacial score (nSPS) is 11.3. The molecule has 0 unspecified atom stereocenters. The standard InChI is InChI=1S/C19H13N7O2/c1-10-3-2-4-12(23-10)16-24-17-15(21-9-22-17)18(25-16)26-8-6-11-13(26)5-7-20-14(11)19(27)28/h2-9H,1H3,(H,27,28)(H,21,22,24,25). The molecule has 0 aliphatic heterocycles. The maximum Gasteiger partial charge on any atom is 0.355 e. The monoisotopic (exact) mass is 371 g/mol. The van der Waals surface area contributed by atoms with E-state index < -0.39 is 5.97 Å². The van der Waals surface area contributed by atoms with E-state index in [1.807, 2.05) is 25.1 Å². The van der Waals surface area contributed by atoms with Crippen molar-refractivity contribution in [3.8, 4) is 17.3 Å². The molecule has 0 fully saturated rings. The second-order valence-corrected chi connectivity index (χ2v) is 6.22. The number of hydrogen-bond acceptors (Lipinski definition) is 6. The number of aryl methyl sites for hydroxylation is 1. The van der Waals surface area contributed by atoms with Gasteiger partial charge in [-0.1, -0.05) is 6.07 Å². The number of pyridine rings is 2. The van der Waals surface area contributed by atoms with Crippen LogP contribution in [0.25, 0.3) is 39.4 Å². The molecule has 5 aromatic rings. The molecule has 28 heavy (non-hydrogen) atoms. The first kappa shape index (κ1) is 16.1. The third-order valence-electron chi connectivity index (χ3n) is 4.43. The molecule has 0 aromatic carbocycles. The number of carboxylic acids is 1. The molecule has 0 amide bonds. The summed E-state index contributed by atoms with van der Waals surface area (Å²) in [5.74, 6) is -0.0895. The summed E-state index contributed by atoms with van der Waals surface area (Å²) in [6.07, 6.45) is 4.78. The number of fused-ring (bicyclic) bond motifs is 2. The van der Waals surface area contributed by atoms with Gasteiger partial charge >= 0.3 is 5.97 Å². The minimum atomic E-state index is -1.08. The minimum Gasteiger partial charge on any atom is -0.476 e. The Kier molecular flexibility index (Phi) is 3.41. The summed E-state index contributed by atoms with van der Waals surface area (Å²) < 4.78 is 1.80. The molecular formula is C19H13N7O2. The molecule has 0 spiro atoms. The molecule has 136 valence electrons. The zero-order chi connectivity index (χ0) is 19.3. The fraction of sp³-hybridized carbons (Fsp3) is 0.0526. The van der Waals surface area contributed by atoms with Gasteiger partial charge in [0, 0.05) is 23.5 Å². The van der Waals surface area contributed by atoms with Crippen LogP contribution in [0.15, 0.2) is 49.1 Å². The number of nitrogens with one attached hydrogen (secondary N) is 1. The molecule has 0 bridgehead atoms. The number of hydrogen-bond donors (Lipinski definition) is 2. The number of imidazole rings is 1. The Labute approximate surface area is 157 Å². The highest BCUT2D eigenvalue weighted by Crippen LogP contribution is 2.26. The van der Waals surface area contributed by atoms with Crippen molar-refractivity contribution >= 4 is 28.0 Å². The van der Waals surface area contributed by atoms with Crippen LogP contribution in [0.3, 0.4) is 0 Å². The van der Waals surface area contributed by atoms with Gasteiger partial charge in [-0.05, 0) is 31.2 Å². The van der Waals surface area contributed by atoms with Crippen LogP contribution in [0.4, 0.5) is 0 Å². The average molecular weight is 371 g/mol. The summed E-state index contributed by atoms with van der Waals surface area (Å²) in [7, 11) is 0. The average Bonchev–Trinajstić information content (AvgIpc) is 3.33. The number of aromatic amines is 1. The van der Waals surface area contributed by atoms with Crippen molar-refractivity contribution in [1.82, 2.24) is 34.5 Å². The number of H-pyrrole nitrogens is 1. The highest BCUT2D eigenvalue weighted by atomic mass is 16.4. The van der Waals surface area contributed by atoms with Gasteiger partial charge in [0.05, 0.1) is 11.8 Å². The van der Waals surface area contributed by atoms with Gasteiger partial charge in [-0.3, -0.25) is 4.57 Å². The predicted octanol–water partition coefficient (Wildman–Crippen LogP) is 2.76. The van der Waals surface area contributed by atoms with Crippen LogP contribution < -0.4 is 0 Å². The van der Waals surface area contributed by atoms with Crippen LogP contribution in [0.5, 0.6) is 0 Å². The van der Waals surface area contributed by atoms with Crippen molar-refractivity contribution in [2.45, 2.75) is 6.92 Å². The number of carbonyl (C=O) groups is 1. The van der Waals surface area contributed by atoms with Gasteiger partial charge in [0.2, 0.25) is 0 Å². The maximum absolute atomic E-state index is 11.5. The zero-order valence-electron chi connectivity index (χ0n) is 14.7. The van der Waals surface area contributed by atoms with Crippen LogP contribution in [0.1, 0.15) is 16.2 Å². The first-order valence-corrected chi connectivity index (χ1v) is 8.47. The number of aromatic carboxylic acids is 1. The minimum absolute atomic E-state index is 0.00765. The smallest absolute Gasteiger partial charge is 0.355 e. The molecule has 5 aromatic heterocycles. The third-order valence-corrected chi connectivity index (χ3v) is 4.43. The van der Waals surface area contributed by atoms with Crippen LogP contribution in [-0.4, -0.2) is 45.5 Å². The van der Waals surface area contributed by atoms with E-state index >= 15 is 0 Å². The Morgan fingerprint density at radius 1 is 1.11 bits per heavy atom. The van der Waals surface area contributed by atoms with E-state index in [4.69, 9.17) is 4.98 Å². The van der Waals surface area contributed by atoms with Crippen LogP contribution in [0, 0.1) is 6.92 Å². The summed E-state index contributed by atoms with van der Waals surface area (Å²) in [5, 5.41) is 9.92. The van der Waals surface area contributed by atoms with Crippen molar-refractivity contribution in [3.63, 3.8) is 0 Å². The number of rotatable bonds is 3. The summed E-state index contributed by atoms with van der Waals surface area (Å²) in [6, 6.07) is 9.09. The Hall–Kier alpha value is -4.14. The number of aromatic nitrogens is 7. The van der Waals surface area contributed by atoms with Crippen molar-refractivity contribution in [3.05, 3.63) is 60.4 Å². The van der Waals surface area contributed by atoms with Crippen LogP contribution in [0.2, 0.25) is 0 Å². The molecular weight excluding hydrogens is 358 g/mol. The molecule has 5 heterocycles. The Morgan fingerprint density at radius 3 is 2.82 bits per heavy atom. The highest BCUT2D eigenvalue weighted by Gasteiger charge is 2.18. The Balaban J connectivity index is 1.80. The van der Waals surface area contributed by atoms with Gasteiger partial charge in [-0.2, -0.15) is 0 Å². The molecule has 0 saturated heterocycles. The predicted molar refractivity (Wildman–Crippen MR) is 101 cm³/mol. The Morgan fingerprint density at radius 2 is 2.00 bits per heavy atom. The lowest BCUT2D eigenvalue weighted by molar-refractivity contribution is 0.0693. The maximum atomic E-state index is 11.5. The molecule has 9 heteroatoms. The van der Waals surface area contributed by atoms with Gasteiger partial charge in [-0.25, -0.2) is 29.7 Å². The first-order valence-electron chi connectivity index (χ1n) is 8.47. The van der Waals surface area contributed by atoms with E-state index in [0.717, 1.165) is 5.69 Å². The molecule has 5 rings (SSSR count). The van der Waals surface area contributed by atoms with Crippen molar-refractivity contribution < 1.29 is 9.90 Å². The summed E-state index contributed by atoms with van der Waals surface area (Å²) in [6.45, 7) is 1.90. The SMILES string of the molecule is Cc1cccc(-c2nc(-n3ccc4c(C(=O)O)nccc43)c3[nH]cnc3n2)n1. The zero-order valence-corrected chi connectivity index (χ0v) is 14.7. The fourth-order valence-corrected chi connectivity index (χ4v) is 3.20. The van der Waals surface area contributed by atoms with Gasteiger partial charge in [0.15, 0.2) is 23.0 Å². The lowest BCUT2D eigenvalue weighted by Gasteiger charge is -2.08.